The molecule has 152 valence electrons. The molecular weight excluding hydrogens is 418 g/mol. The highest BCUT2D eigenvalue weighted by atomic mass is 79.9. The number of ether oxygens (including phenoxy) is 2. The van der Waals surface area contributed by atoms with Crippen molar-refractivity contribution in [1.29, 1.82) is 0 Å². The molecule has 0 heterocycles. The van der Waals surface area contributed by atoms with Crippen molar-refractivity contribution in [1.82, 2.24) is 0 Å². The van der Waals surface area contributed by atoms with Crippen molar-refractivity contribution in [2.75, 3.05) is 18.5 Å². The molecule has 0 aliphatic heterocycles. The first-order valence-corrected chi connectivity index (χ1v) is 10.9. The standard InChI is InChI=1S/C23H30BrNO3/c1-3-5-7-8-16-28-22-14-9-18(24)17-21(22)23(26)25-19-10-12-20(13-11-19)27-15-6-4-2/h9-14,17H,3-8,15-16H2,1-2H3,(H,25,26). The summed E-state index contributed by atoms with van der Waals surface area (Å²) < 4.78 is 12.4. The molecule has 2 aromatic carbocycles. The minimum Gasteiger partial charge on any atom is -0.494 e. The van der Waals surface area contributed by atoms with E-state index < -0.39 is 0 Å². The maximum atomic E-state index is 12.8. The van der Waals surface area contributed by atoms with E-state index in [0.717, 1.165) is 41.6 Å². The zero-order valence-corrected chi connectivity index (χ0v) is 18.4. The summed E-state index contributed by atoms with van der Waals surface area (Å²) in [6, 6.07) is 13.0. The zero-order valence-electron chi connectivity index (χ0n) is 16.8. The van der Waals surface area contributed by atoms with Crippen molar-refractivity contribution in [3.8, 4) is 11.5 Å². The van der Waals surface area contributed by atoms with Gasteiger partial charge < -0.3 is 14.8 Å². The number of anilines is 1. The van der Waals surface area contributed by atoms with Crippen LogP contribution in [0.4, 0.5) is 5.69 Å². The Hall–Kier alpha value is -2.01. The van der Waals surface area contributed by atoms with Crippen LogP contribution in [0, 0.1) is 0 Å². The highest BCUT2D eigenvalue weighted by molar-refractivity contribution is 9.10. The molecule has 2 rings (SSSR count). The Balaban J connectivity index is 1.97. The van der Waals surface area contributed by atoms with Crippen LogP contribution in [0.3, 0.4) is 0 Å². The van der Waals surface area contributed by atoms with Gasteiger partial charge in [0.05, 0.1) is 18.8 Å². The number of carbonyl (C=O) groups excluding carboxylic acids is 1. The van der Waals surface area contributed by atoms with Gasteiger partial charge in [0.1, 0.15) is 11.5 Å². The first-order chi connectivity index (χ1) is 13.6. The summed E-state index contributed by atoms with van der Waals surface area (Å²) in [5, 5.41) is 2.94. The Bertz CT molecular complexity index is 731. The molecule has 0 saturated carbocycles. The molecule has 1 amide bonds. The number of hydrogen-bond donors (Lipinski definition) is 1. The van der Waals surface area contributed by atoms with Gasteiger partial charge in [-0.05, 0) is 55.3 Å². The SMILES string of the molecule is CCCCCCOc1ccc(Br)cc1C(=O)Nc1ccc(OCCCC)cc1. The quantitative estimate of drug-likeness (QED) is 0.362. The number of nitrogens with one attached hydrogen (secondary N) is 1. The fourth-order valence-corrected chi connectivity index (χ4v) is 3.04. The number of carbonyl (C=O) groups is 1. The molecule has 0 spiro atoms. The molecule has 1 N–H and O–H groups in total. The maximum Gasteiger partial charge on any atom is 0.259 e. The molecular formula is C23H30BrNO3. The number of hydrogen-bond acceptors (Lipinski definition) is 3. The van der Waals surface area contributed by atoms with E-state index in [9.17, 15) is 4.79 Å². The minimum absolute atomic E-state index is 0.190. The number of rotatable bonds is 12. The molecule has 0 bridgehead atoms. The lowest BCUT2D eigenvalue weighted by Gasteiger charge is -2.13. The smallest absolute Gasteiger partial charge is 0.259 e. The predicted molar refractivity (Wildman–Crippen MR) is 119 cm³/mol. The molecule has 4 nitrogen and oxygen atoms in total. The van der Waals surface area contributed by atoms with Crippen LogP contribution in [0.25, 0.3) is 0 Å². The lowest BCUT2D eigenvalue weighted by molar-refractivity contribution is 0.102. The fourth-order valence-electron chi connectivity index (χ4n) is 2.68. The van der Waals surface area contributed by atoms with Gasteiger partial charge in [-0.3, -0.25) is 4.79 Å². The van der Waals surface area contributed by atoms with E-state index in [2.05, 4.69) is 35.1 Å². The van der Waals surface area contributed by atoms with Crippen LogP contribution in [0.5, 0.6) is 11.5 Å². The van der Waals surface area contributed by atoms with Crippen molar-refractivity contribution in [2.45, 2.75) is 52.4 Å². The van der Waals surface area contributed by atoms with Gasteiger partial charge in [0.2, 0.25) is 0 Å². The third-order valence-electron chi connectivity index (χ3n) is 4.32. The first-order valence-electron chi connectivity index (χ1n) is 10.1. The highest BCUT2D eigenvalue weighted by Gasteiger charge is 2.14. The topological polar surface area (TPSA) is 47.6 Å². The summed E-state index contributed by atoms with van der Waals surface area (Å²) in [5.41, 5.74) is 1.25. The Labute approximate surface area is 176 Å². The van der Waals surface area contributed by atoms with E-state index in [4.69, 9.17) is 9.47 Å². The molecule has 0 unspecified atom stereocenters. The number of halogens is 1. The number of benzene rings is 2. The van der Waals surface area contributed by atoms with Gasteiger partial charge in [0.15, 0.2) is 0 Å². The van der Waals surface area contributed by atoms with Crippen LogP contribution >= 0.6 is 15.9 Å². The third-order valence-corrected chi connectivity index (χ3v) is 4.81. The molecule has 0 atom stereocenters. The fraction of sp³-hybridized carbons (Fsp3) is 0.435. The summed E-state index contributed by atoms with van der Waals surface area (Å²) in [7, 11) is 0. The van der Waals surface area contributed by atoms with Gasteiger partial charge >= 0.3 is 0 Å². The second-order valence-corrected chi connectivity index (χ2v) is 7.65. The summed E-state index contributed by atoms with van der Waals surface area (Å²) >= 11 is 3.44. The number of unbranched alkanes of at least 4 members (excludes halogenated alkanes) is 4. The molecule has 2 aromatic rings. The molecule has 5 heteroatoms. The van der Waals surface area contributed by atoms with E-state index in [0.29, 0.717) is 24.5 Å². The average molecular weight is 448 g/mol. The summed E-state index contributed by atoms with van der Waals surface area (Å²) in [6.07, 6.45) is 6.65. The van der Waals surface area contributed by atoms with Crippen LogP contribution in [0.2, 0.25) is 0 Å². The number of amides is 1. The van der Waals surface area contributed by atoms with Crippen LogP contribution in [0.1, 0.15) is 62.7 Å². The molecule has 0 aliphatic carbocycles. The van der Waals surface area contributed by atoms with Gasteiger partial charge in [0, 0.05) is 10.2 Å². The second-order valence-electron chi connectivity index (χ2n) is 6.73. The summed E-state index contributed by atoms with van der Waals surface area (Å²) in [5.74, 6) is 1.23. The van der Waals surface area contributed by atoms with Crippen molar-refractivity contribution in [3.63, 3.8) is 0 Å². The largest absolute Gasteiger partial charge is 0.494 e. The van der Waals surface area contributed by atoms with Gasteiger partial charge in [0.25, 0.3) is 5.91 Å². The molecule has 0 aliphatic rings. The monoisotopic (exact) mass is 447 g/mol. The highest BCUT2D eigenvalue weighted by Crippen LogP contribution is 2.25. The van der Waals surface area contributed by atoms with E-state index in [-0.39, 0.29) is 5.91 Å². The van der Waals surface area contributed by atoms with Crippen molar-refractivity contribution in [2.24, 2.45) is 0 Å². The molecule has 0 fully saturated rings. The summed E-state index contributed by atoms with van der Waals surface area (Å²) in [6.45, 7) is 5.64. The lowest BCUT2D eigenvalue weighted by atomic mass is 10.1. The van der Waals surface area contributed by atoms with E-state index in [1.165, 1.54) is 12.8 Å². The van der Waals surface area contributed by atoms with Gasteiger partial charge in [-0.2, -0.15) is 0 Å². The molecule has 0 saturated heterocycles. The van der Waals surface area contributed by atoms with E-state index in [1.807, 2.05) is 36.4 Å². The summed E-state index contributed by atoms with van der Waals surface area (Å²) in [4.78, 5) is 12.8. The molecule has 0 aromatic heterocycles. The normalized spacial score (nSPS) is 10.5. The lowest BCUT2D eigenvalue weighted by Crippen LogP contribution is -2.14. The first kappa shape index (κ1) is 22.3. The van der Waals surface area contributed by atoms with Gasteiger partial charge in [-0.25, -0.2) is 0 Å². The Kier molecular flexibility index (Phi) is 9.91. The van der Waals surface area contributed by atoms with E-state index >= 15 is 0 Å². The Morgan fingerprint density at radius 1 is 0.893 bits per heavy atom. The Morgan fingerprint density at radius 3 is 2.32 bits per heavy atom. The van der Waals surface area contributed by atoms with Gasteiger partial charge in [-0.1, -0.05) is 55.5 Å². The van der Waals surface area contributed by atoms with Gasteiger partial charge in [-0.15, -0.1) is 0 Å². The van der Waals surface area contributed by atoms with Crippen LogP contribution in [-0.4, -0.2) is 19.1 Å². The van der Waals surface area contributed by atoms with E-state index in [1.54, 1.807) is 6.07 Å². The van der Waals surface area contributed by atoms with Crippen LogP contribution < -0.4 is 14.8 Å². The maximum absolute atomic E-state index is 12.8. The van der Waals surface area contributed by atoms with Crippen LogP contribution in [-0.2, 0) is 0 Å². The zero-order chi connectivity index (χ0) is 20.2. The average Bonchev–Trinajstić information content (AvgIpc) is 2.70. The molecule has 28 heavy (non-hydrogen) atoms. The van der Waals surface area contributed by atoms with Crippen molar-refractivity contribution in [3.05, 3.63) is 52.5 Å². The molecule has 0 radical (unpaired) electrons. The van der Waals surface area contributed by atoms with Crippen LogP contribution in [0.15, 0.2) is 46.9 Å². The van der Waals surface area contributed by atoms with Crippen molar-refractivity contribution < 1.29 is 14.3 Å². The van der Waals surface area contributed by atoms with Crippen molar-refractivity contribution >= 4 is 27.5 Å². The second kappa shape index (κ2) is 12.4. The minimum atomic E-state index is -0.190. The predicted octanol–water partition coefficient (Wildman–Crippen LogP) is 6.84. The third kappa shape index (κ3) is 7.55. The Morgan fingerprint density at radius 2 is 1.61 bits per heavy atom.